The molecule has 2 heteroatoms. The number of aldehydes is 1. The van der Waals surface area contributed by atoms with Gasteiger partial charge in [0.15, 0.2) is 6.29 Å². The summed E-state index contributed by atoms with van der Waals surface area (Å²) in [6, 6.07) is 6.55. The SMILES string of the molecule is Cc1cc(C)c2c(c1)-c1sc(C=O)cc1CC2. The quantitative estimate of drug-likeness (QED) is 0.692. The highest BCUT2D eigenvalue weighted by Gasteiger charge is 2.20. The normalized spacial score (nSPS) is 13.1. The molecule has 0 spiro atoms. The Morgan fingerprint density at radius 3 is 2.76 bits per heavy atom. The molecule has 3 rings (SSSR count). The van der Waals surface area contributed by atoms with Gasteiger partial charge in [0.2, 0.25) is 0 Å². The molecule has 0 amide bonds. The van der Waals surface area contributed by atoms with Gasteiger partial charge in [-0.1, -0.05) is 17.7 Å². The van der Waals surface area contributed by atoms with E-state index in [1.54, 1.807) is 11.3 Å². The number of aryl methyl sites for hydroxylation is 3. The average Bonchev–Trinajstić information content (AvgIpc) is 2.72. The zero-order valence-electron chi connectivity index (χ0n) is 10.0. The van der Waals surface area contributed by atoms with Crippen LogP contribution in [0.4, 0.5) is 0 Å². The van der Waals surface area contributed by atoms with Crippen molar-refractivity contribution in [3.8, 4) is 10.4 Å². The van der Waals surface area contributed by atoms with Crippen molar-refractivity contribution in [2.75, 3.05) is 0 Å². The molecule has 1 aliphatic carbocycles. The van der Waals surface area contributed by atoms with Gasteiger partial charge in [0, 0.05) is 4.88 Å². The maximum Gasteiger partial charge on any atom is 0.160 e. The number of carbonyl (C=O) groups excluding carboxylic acids is 1. The van der Waals surface area contributed by atoms with E-state index in [1.165, 1.54) is 32.7 Å². The number of carbonyl (C=O) groups is 1. The van der Waals surface area contributed by atoms with Crippen LogP contribution in [-0.2, 0) is 12.8 Å². The van der Waals surface area contributed by atoms with E-state index in [4.69, 9.17) is 0 Å². The first-order valence-corrected chi connectivity index (χ1v) is 6.69. The molecule has 1 aromatic carbocycles. The second kappa shape index (κ2) is 3.81. The van der Waals surface area contributed by atoms with Gasteiger partial charge in [-0.25, -0.2) is 0 Å². The minimum absolute atomic E-state index is 0.849. The number of benzene rings is 1. The Morgan fingerprint density at radius 1 is 1.18 bits per heavy atom. The van der Waals surface area contributed by atoms with Crippen LogP contribution in [0.3, 0.4) is 0 Å². The third-order valence-electron chi connectivity index (χ3n) is 3.45. The first kappa shape index (κ1) is 10.7. The molecule has 0 N–H and O–H groups in total. The highest BCUT2D eigenvalue weighted by atomic mass is 32.1. The molecule has 1 nitrogen and oxygen atoms in total. The van der Waals surface area contributed by atoms with Crippen molar-refractivity contribution in [1.82, 2.24) is 0 Å². The number of thiophene rings is 1. The van der Waals surface area contributed by atoms with E-state index in [9.17, 15) is 4.79 Å². The van der Waals surface area contributed by atoms with E-state index >= 15 is 0 Å². The summed E-state index contributed by atoms with van der Waals surface area (Å²) in [7, 11) is 0. The van der Waals surface area contributed by atoms with Gasteiger partial charge in [0.25, 0.3) is 0 Å². The van der Waals surface area contributed by atoms with Crippen molar-refractivity contribution in [1.29, 1.82) is 0 Å². The van der Waals surface area contributed by atoms with Gasteiger partial charge in [-0.2, -0.15) is 0 Å². The van der Waals surface area contributed by atoms with Crippen molar-refractivity contribution in [2.45, 2.75) is 26.7 Å². The molecule has 0 radical (unpaired) electrons. The number of hydrogen-bond donors (Lipinski definition) is 0. The Morgan fingerprint density at radius 2 is 2.00 bits per heavy atom. The van der Waals surface area contributed by atoms with Gasteiger partial charge in [0.05, 0.1) is 4.88 Å². The first-order valence-electron chi connectivity index (χ1n) is 5.87. The summed E-state index contributed by atoms with van der Waals surface area (Å²) in [4.78, 5) is 13.0. The van der Waals surface area contributed by atoms with Crippen LogP contribution in [-0.4, -0.2) is 6.29 Å². The van der Waals surface area contributed by atoms with Crippen molar-refractivity contribution in [2.24, 2.45) is 0 Å². The molecule has 0 bridgehead atoms. The second-order valence-corrected chi connectivity index (χ2v) is 5.81. The lowest BCUT2D eigenvalue weighted by atomic mass is 9.87. The van der Waals surface area contributed by atoms with E-state index in [1.807, 2.05) is 6.07 Å². The molecule has 86 valence electrons. The van der Waals surface area contributed by atoms with E-state index in [2.05, 4.69) is 26.0 Å². The molecule has 2 aromatic rings. The Balaban J connectivity index is 2.27. The average molecular weight is 242 g/mol. The molecular formula is C15H14OS. The molecule has 1 aromatic heterocycles. The maximum atomic E-state index is 10.9. The maximum absolute atomic E-state index is 10.9. The summed E-state index contributed by atoms with van der Waals surface area (Å²) in [5.41, 5.74) is 6.83. The minimum Gasteiger partial charge on any atom is -0.297 e. The molecule has 0 saturated heterocycles. The predicted octanol–water partition coefficient (Wildman–Crippen LogP) is 3.94. The third kappa shape index (κ3) is 1.64. The summed E-state index contributed by atoms with van der Waals surface area (Å²) in [6.07, 6.45) is 3.13. The lowest BCUT2D eigenvalue weighted by Crippen LogP contribution is -2.03. The summed E-state index contributed by atoms with van der Waals surface area (Å²) in [5, 5.41) is 0. The topological polar surface area (TPSA) is 17.1 Å². The van der Waals surface area contributed by atoms with Gasteiger partial charge in [-0.15, -0.1) is 11.3 Å². The highest BCUT2D eigenvalue weighted by molar-refractivity contribution is 7.17. The third-order valence-corrected chi connectivity index (χ3v) is 4.59. The summed E-state index contributed by atoms with van der Waals surface area (Å²) in [5.74, 6) is 0. The highest BCUT2D eigenvalue weighted by Crippen LogP contribution is 2.40. The van der Waals surface area contributed by atoms with Crippen molar-refractivity contribution in [3.05, 3.63) is 45.3 Å². The van der Waals surface area contributed by atoms with Crippen LogP contribution < -0.4 is 0 Å². The molecule has 0 aliphatic heterocycles. The zero-order valence-corrected chi connectivity index (χ0v) is 10.9. The fourth-order valence-electron chi connectivity index (χ4n) is 2.71. The van der Waals surface area contributed by atoms with Crippen LogP contribution in [0.15, 0.2) is 18.2 Å². The van der Waals surface area contributed by atoms with E-state index in [-0.39, 0.29) is 0 Å². The van der Waals surface area contributed by atoms with E-state index in [0.717, 1.165) is 24.0 Å². The molecule has 0 fully saturated rings. The number of fused-ring (bicyclic) bond motifs is 3. The Hall–Kier alpha value is -1.41. The van der Waals surface area contributed by atoms with Crippen LogP contribution in [0, 0.1) is 13.8 Å². The number of rotatable bonds is 1. The van der Waals surface area contributed by atoms with Gasteiger partial charge >= 0.3 is 0 Å². The van der Waals surface area contributed by atoms with E-state index < -0.39 is 0 Å². The fourth-order valence-corrected chi connectivity index (χ4v) is 3.78. The Labute approximate surface area is 105 Å². The smallest absolute Gasteiger partial charge is 0.160 e. The van der Waals surface area contributed by atoms with Gasteiger partial charge in [-0.05, 0) is 55.0 Å². The van der Waals surface area contributed by atoms with Crippen molar-refractivity contribution < 1.29 is 4.79 Å². The molecule has 0 unspecified atom stereocenters. The summed E-state index contributed by atoms with van der Waals surface area (Å²) < 4.78 is 0. The molecular weight excluding hydrogens is 228 g/mol. The van der Waals surface area contributed by atoms with Crippen LogP contribution >= 0.6 is 11.3 Å². The standard InChI is InChI=1S/C15H14OS/c1-9-5-10(2)13-4-3-11-7-12(8-16)17-15(11)14(13)6-9/h5-8H,3-4H2,1-2H3. The van der Waals surface area contributed by atoms with Crippen LogP contribution in [0.5, 0.6) is 0 Å². The molecule has 0 atom stereocenters. The van der Waals surface area contributed by atoms with Crippen molar-refractivity contribution >= 4 is 17.6 Å². The largest absolute Gasteiger partial charge is 0.297 e. The Bertz CT molecular complexity index is 608. The lowest BCUT2D eigenvalue weighted by Gasteiger charge is -2.19. The van der Waals surface area contributed by atoms with Crippen LogP contribution in [0.1, 0.15) is 31.9 Å². The lowest BCUT2D eigenvalue weighted by molar-refractivity contribution is 0.112. The fraction of sp³-hybridized carbons (Fsp3) is 0.267. The molecule has 1 aliphatic rings. The number of hydrogen-bond acceptors (Lipinski definition) is 2. The van der Waals surface area contributed by atoms with E-state index in [0.29, 0.717) is 0 Å². The first-order chi connectivity index (χ1) is 8.19. The summed E-state index contributed by atoms with van der Waals surface area (Å²) in [6.45, 7) is 4.32. The molecule has 1 heterocycles. The minimum atomic E-state index is 0.849. The second-order valence-electron chi connectivity index (χ2n) is 4.73. The predicted molar refractivity (Wildman–Crippen MR) is 72.0 cm³/mol. The van der Waals surface area contributed by atoms with Crippen LogP contribution in [0.2, 0.25) is 0 Å². The monoisotopic (exact) mass is 242 g/mol. The molecule has 0 saturated carbocycles. The molecule has 17 heavy (non-hydrogen) atoms. The van der Waals surface area contributed by atoms with Gasteiger partial charge in [0.1, 0.15) is 0 Å². The van der Waals surface area contributed by atoms with Gasteiger partial charge in [-0.3, -0.25) is 4.79 Å². The Kier molecular flexibility index (Phi) is 2.40. The zero-order chi connectivity index (χ0) is 12.0. The summed E-state index contributed by atoms with van der Waals surface area (Å²) >= 11 is 1.63. The van der Waals surface area contributed by atoms with Crippen LogP contribution in [0.25, 0.3) is 10.4 Å². The van der Waals surface area contributed by atoms with Crippen molar-refractivity contribution in [3.63, 3.8) is 0 Å². The van der Waals surface area contributed by atoms with Gasteiger partial charge < -0.3 is 0 Å².